The van der Waals surface area contributed by atoms with Crippen LogP contribution in [0.5, 0.6) is 11.5 Å². The summed E-state index contributed by atoms with van der Waals surface area (Å²) in [6.07, 6.45) is 3.14. The summed E-state index contributed by atoms with van der Waals surface area (Å²) >= 11 is -1.34. The van der Waals surface area contributed by atoms with Crippen molar-refractivity contribution < 1.29 is 19.1 Å². The summed E-state index contributed by atoms with van der Waals surface area (Å²) in [5, 5.41) is 1.97. The van der Waals surface area contributed by atoms with Crippen molar-refractivity contribution in [1.82, 2.24) is 5.32 Å². The van der Waals surface area contributed by atoms with Gasteiger partial charge in [0.2, 0.25) is 0 Å². The summed E-state index contributed by atoms with van der Waals surface area (Å²) in [4.78, 5) is 24.3. The number of allylic oxidation sites excluding steroid dienone is 1. The number of carbonyl (C=O) groups is 2. The number of methoxy groups -OCH3 is 2. The molecule has 140 valence electrons. The van der Waals surface area contributed by atoms with Gasteiger partial charge in [-0.1, -0.05) is 0 Å². The number of amides is 2. The molecule has 5 rings (SSSR count). The van der Waals surface area contributed by atoms with Gasteiger partial charge in [-0.2, -0.15) is 0 Å². The summed E-state index contributed by atoms with van der Waals surface area (Å²) in [6, 6.07) is 12.3. The molecule has 0 saturated carbocycles. The molecule has 2 atom stereocenters. The maximum absolute atomic E-state index is 12.4. The molecule has 3 heterocycles. The van der Waals surface area contributed by atoms with E-state index in [1.807, 2.05) is 18.2 Å². The number of benzene rings is 2. The molecule has 7 heteroatoms. The maximum atomic E-state index is 12.4. The number of rotatable bonds is 5. The van der Waals surface area contributed by atoms with E-state index in [-0.39, 0.29) is 20.1 Å². The van der Waals surface area contributed by atoms with Crippen LogP contribution in [0.3, 0.4) is 0 Å². The van der Waals surface area contributed by atoms with Gasteiger partial charge in [-0.25, -0.2) is 0 Å². The molecule has 5 nitrogen and oxygen atoms in total. The second kappa shape index (κ2) is 6.88. The van der Waals surface area contributed by atoms with Gasteiger partial charge < -0.3 is 0 Å². The second-order valence-electron chi connectivity index (χ2n) is 7.24. The van der Waals surface area contributed by atoms with Gasteiger partial charge >= 0.3 is 176 Å². The van der Waals surface area contributed by atoms with E-state index in [9.17, 15) is 9.59 Å². The minimum absolute atomic E-state index is 0.129. The van der Waals surface area contributed by atoms with Crippen molar-refractivity contribution in [1.29, 1.82) is 0 Å². The molecule has 1 saturated heterocycles. The Morgan fingerprint density at radius 1 is 1.14 bits per heavy atom. The SMILES string of the molecule is COc1ccc(OC)c(C[C]2=Cc3c4ccc[c]3[In]2[CH]4C2SC(=O)NC2=O)c1. The Hall–Kier alpha value is -1.86. The molecule has 3 aliphatic rings. The van der Waals surface area contributed by atoms with Gasteiger partial charge in [-0.3, -0.25) is 0 Å². The number of imide groups is 1. The molecule has 2 aromatic carbocycles. The molecule has 28 heavy (non-hydrogen) atoms. The molecule has 3 aliphatic heterocycles. The van der Waals surface area contributed by atoms with Gasteiger partial charge in [0.25, 0.3) is 0 Å². The van der Waals surface area contributed by atoms with Gasteiger partial charge in [0.1, 0.15) is 0 Å². The van der Waals surface area contributed by atoms with E-state index in [1.54, 1.807) is 14.2 Å². The molecule has 0 aliphatic carbocycles. The van der Waals surface area contributed by atoms with Crippen LogP contribution in [0.25, 0.3) is 6.08 Å². The third-order valence-electron chi connectivity index (χ3n) is 5.88. The summed E-state index contributed by atoms with van der Waals surface area (Å²) in [6.45, 7) is 0. The first-order valence-electron chi connectivity index (χ1n) is 9.16. The topological polar surface area (TPSA) is 64.6 Å². The molecule has 1 N–H and O–H groups in total. The van der Waals surface area contributed by atoms with Crippen molar-refractivity contribution in [3.05, 3.63) is 56.4 Å². The van der Waals surface area contributed by atoms with Crippen LogP contribution in [0, 0.1) is 0 Å². The first-order valence-corrected chi connectivity index (χ1v) is 15.2. The summed E-state index contributed by atoms with van der Waals surface area (Å²) in [5.41, 5.74) is 3.67. The zero-order chi connectivity index (χ0) is 19.4. The van der Waals surface area contributed by atoms with E-state index in [0.717, 1.165) is 23.5 Å². The molecule has 0 spiro atoms. The number of nitrogens with one attached hydrogen (secondary N) is 1. The van der Waals surface area contributed by atoms with Crippen molar-refractivity contribution in [3.63, 3.8) is 0 Å². The Labute approximate surface area is 175 Å². The molecule has 2 amide bonds. The van der Waals surface area contributed by atoms with E-state index in [0.29, 0.717) is 0 Å². The first-order chi connectivity index (χ1) is 13.6. The number of thioether (sulfide) groups is 1. The van der Waals surface area contributed by atoms with Crippen LogP contribution >= 0.6 is 11.8 Å². The van der Waals surface area contributed by atoms with E-state index < -0.39 is 21.4 Å². The summed E-state index contributed by atoms with van der Waals surface area (Å²) in [7, 11) is 3.35. The zero-order valence-corrected chi connectivity index (χ0v) is 19.6. The summed E-state index contributed by atoms with van der Waals surface area (Å²) in [5.74, 6) is 1.53. The first kappa shape index (κ1) is 18.2. The van der Waals surface area contributed by atoms with Crippen LogP contribution in [0.4, 0.5) is 4.79 Å². The van der Waals surface area contributed by atoms with E-state index in [2.05, 4.69) is 29.6 Å². The molecular weight excluding hydrogens is 477 g/mol. The molecular formula is C21H18InNO4S. The fourth-order valence-corrected chi connectivity index (χ4v) is 19.1. The normalized spacial score (nSPS) is 21.8. The standard InChI is InChI=1S/C21H18NO4S.In/c1-25-17-10-11-18(26-2)16(12-17)9-5-8-14-6-3-4-7-15(14)13-19-20(23)22-21(24)27-19;/h3-4,7-8,10-13,19H,9H2,1-2H3,(H,22,23,24);. The fraction of sp³-hybridized carbons (Fsp3) is 0.238. The number of hydrogen-bond donors (Lipinski definition) is 1. The Morgan fingerprint density at radius 2 is 2.00 bits per heavy atom. The molecule has 2 unspecified atom stereocenters. The number of carbonyl (C=O) groups excluding carboxylic acids is 2. The van der Waals surface area contributed by atoms with Gasteiger partial charge in [-0.15, -0.1) is 0 Å². The zero-order valence-electron chi connectivity index (χ0n) is 15.5. The predicted molar refractivity (Wildman–Crippen MR) is 111 cm³/mol. The van der Waals surface area contributed by atoms with Crippen molar-refractivity contribution in [3.8, 4) is 11.5 Å². The van der Waals surface area contributed by atoms with Crippen molar-refractivity contribution in [2.75, 3.05) is 14.2 Å². The monoisotopic (exact) mass is 495 g/mol. The van der Waals surface area contributed by atoms with Crippen LogP contribution in [0.2, 0.25) is 0 Å². The van der Waals surface area contributed by atoms with Crippen LogP contribution in [-0.4, -0.2) is 52.1 Å². The third kappa shape index (κ3) is 2.70. The molecule has 1 fully saturated rings. The predicted octanol–water partition coefficient (Wildman–Crippen LogP) is 2.57. The van der Waals surface area contributed by atoms with Gasteiger partial charge in [0.05, 0.1) is 0 Å². The quantitative estimate of drug-likeness (QED) is 0.692. The molecule has 2 aromatic rings. The van der Waals surface area contributed by atoms with Gasteiger partial charge in [0, 0.05) is 0 Å². The Balaban J connectivity index is 1.52. The van der Waals surface area contributed by atoms with Gasteiger partial charge in [-0.05, 0) is 0 Å². The van der Waals surface area contributed by atoms with Crippen LogP contribution in [0.1, 0.15) is 20.4 Å². The van der Waals surface area contributed by atoms with Crippen molar-refractivity contribution in [2.24, 2.45) is 0 Å². The average molecular weight is 495 g/mol. The van der Waals surface area contributed by atoms with E-state index in [4.69, 9.17) is 9.47 Å². The van der Waals surface area contributed by atoms with Crippen molar-refractivity contribution >= 4 is 53.7 Å². The Kier molecular flexibility index (Phi) is 4.47. The van der Waals surface area contributed by atoms with Crippen LogP contribution < -0.4 is 18.1 Å². The van der Waals surface area contributed by atoms with E-state index in [1.165, 1.54) is 29.5 Å². The van der Waals surface area contributed by atoms with Gasteiger partial charge in [0.15, 0.2) is 0 Å². The minimum atomic E-state index is -2.50. The Bertz CT molecular complexity index is 1050. The van der Waals surface area contributed by atoms with Crippen LogP contribution in [-0.2, 0) is 11.2 Å². The average Bonchev–Trinajstić information content (AvgIpc) is 3.26. The Morgan fingerprint density at radius 3 is 2.68 bits per heavy atom. The second-order valence-corrected chi connectivity index (χ2v) is 17.0. The molecule has 0 radical (unpaired) electrons. The molecule has 0 aromatic heterocycles. The van der Waals surface area contributed by atoms with Crippen LogP contribution in [0.15, 0.2) is 39.7 Å². The third-order valence-corrected chi connectivity index (χ3v) is 18.6. The molecule has 4 bridgehead atoms. The fourth-order valence-electron chi connectivity index (χ4n) is 4.75. The number of hydrogen-bond acceptors (Lipinski definition) is 5. The summed E-state index contributed by atoms with van der Waals surface area (Å²) < 4.78 is 14.1. The number of ether oxygens (including phenoxy) is 2. The van der Waals surface area contributed by atoms with E-state index >= 15 is 0 Å². The van der Waals surface area contributed by atoms with Crippen molar-refractivity contribution in [2.45, 2.75) is 15.3 Å².